The lowest BCUT2D eigenvalue weighted by Gasteiger charge is -1.97. The maximum atomic E-state index is 11.0. The lowest BCUT2D eigenvalue weighted by atomic mass is 10.7. The van der Waals surface area contributed by atoms with Crippen molar-refractivity contribution in [3.8, 4) is 0 Å². The highest BCUT2D eigenvalue weighted by Gasteiger charge is 2.21. The summed E-state index contributed by atoms with van der Waals surface area (Å²) in [6.07, 6.45) is 1.22. The van der Waals surface area contributed by atoms with Gasteiger partial charge in [0.25, 0.3) is 0 Å². The molecule has 0 saturated carbocycles. The largest absolute Gasteiger partial charge is 0.513 e. The Kier molecular flexibility index (Phi) is 2.58. The van der Waals surface area contributed by atoms with Gasteiger partial charge in [-0.3, -0.25) is 0 Å². The van der Waals surface area contributed by atoms with Crippen molar-refractivity contribution >= 4 is 11.9 Å². The van der Waals surface area contributed by atoms with Crippen molar-refractivity contribution in [1.82, 2.24) is 9.55 Å². The third kappa shape index (κ3) is 1.81. The summed E-state index contributed by atoms with van der Waals surface area (Å²) in [4.78, 5) is 24.1. The minimum absolute atomic E-state index is 0.161. The fourth-order valence-electron chi connectivity index (χ4n) is 0.757. The molecule has 1 heterocycles. The molecule has 0 atom stereocenters. The lowest BCUT2D eigenvalue weighted by molar-refractivity contribution is -0.391. The molecule has 0 aromatic carbocycles. The van der Waals surface area contributed by atoms with Gasteiger partial charge in [0.05, 0.1) is 6.61 Å². The normalized spacial score (nSPS) is 9.62. The molecule has 1 aromatic rings. The number of nitro groups is 1. The molecule has 0 aliphatic heterocycles. The summed E-state index contributed by atoms with van der Waals surface area (Å²) >= 11 is 0. The van der Waals surface area contributed by atoms with Gasteiger partial charge in [-0.15, -0.1) is 4.57 Å². The second kappa shape index (κ2) is 3.65. The molecule has 7 heteroatoms. The Morgan fingerprint density at radius 3 is 3.08 bits per heavy atom. The Morgan fingerprint density at radius 2 is 2.54 bits per heavy atom. The quantitative estimate of drug-likeness (QED) is 0.502. The number of carbonyl (C=O) groups excluding carboxylic acids is 1. The fraction of sp³-hybridized carbons (Fsp3) is 0.333. The van der Waals surface area contributed by atoms with E-state index in [4.69, 9.17) is 0 Å². The second-order valence-corrected chi connectivity index (χ2v) is 2.08. The molecule has 7 nitrogen and oxygen atoms in total. The minimum atomic E-state index is -0.799. The van der Waals surface area contributed by atoms with E-state index in [1.165, 1.54) is 0 Å². The van der Waals surface area contributed by atoms with Gasteiger partial charge in [-0.2, -0.15) is 4.79 Å². The number of ether oxygens (including phenoxy) is 1. The van der Waals surface area contributed by atoms with Gasteiger partial charge >= 0.3 is 11.9 Å². The molecule has 0 radical (unpaired) electrons. The van der Waals surface area contributed by atoms with Crippen molar-refractivity contribution < 1.29 is 14.5 Å². The van der Waals surface area contributed by atoms with Crippen molar-refractivity contribution in [2.24, 2.45) is 0 Å². The van der Waals surface area contributed by atoms with Crippen LogP contribution < -0.4 is 0 Å². The van der Waals surface area contributed by atoms with Crippen LogP contribution in [0.25, 0.3) is 0 Å². The van der Waals surface area contributed by atoms with Crippen LogP contribution in [0.4, 0.5) is 10.6 Å². The van der Waals surface area contributed by atoms with Crippen molar-refractivity contribution in [2.45, 2.75) is 6.92 Å². The van der Waals surface area contributed by atoms with Crippen LogP contribution in [-0.2, 0) is 4.74 Å². The zero-order valence-electron chi connectivity index (χ0n) is 6.84. The first kappa shape index (κ1) is 9.17. The highest BCUT2D eigenvalue weighted by molar-refractivity contribution is 5.72. The summed E-state index contributed by atoms with van der Waals surface area (Å²) < 4.78 is 5.30. The Morgan fingerprint density at radius 1 is 1.85 bits per heavy atom. The Bertz CT molecular complexity index is 332. The molecule has 0 amide bonds. The van der Waals surface area contributed by atoms with Crippen LogP contribution >= 0.6 is 0 Å². The molecule has 0 saturated heterocycles. The van der Waals surface area contributed by atoms with E-state index in [1.54, 1.807) is 6.92 Å². The molecule has 0 unspecified atom stereocenters. The molecule has 1 aromatic heterocycles. The Labute approximate surface area is 73.1 Å². The summed E-state index contributed by atoms with van der Waals surface area (Å²) in [6.45, 7) is 1.77. The first-order chi connectivity index (χ1) is 6.16. The molecular weight excluding hydrogens is 178 g/mol. The number of hydrogen-bond acceptors (Lipinski definition) is 5. The third-order valence-corrected chi connectivity index (χ3v) is 1.27. The second-order valence-electron chi connectivity index (χ2n) is 2.08. The van der Waals surface area contributed by atoms with Gasteiger partial charge in [0.2, 0.25) is 0 Å². The van der Waals surface area contributed by atoms with Gasteiger partial charge in [-0.25, -0.2) is 4.98 Å². The maximum Gasteiger partial charge on any atom is 0.513 e. The molecule has 0 spiro atoms. The van der Waals surface area contributed by atoms with Gasteiger partial charge in [0, 0.05) is 0 Å². The summed E-state index contributed by atoms with van der Waals surface area (Å²) in [6, 6.07) is 0. The SMILES string of the molecule is CCOC(=O)n1cncc1[N+](=O)[O-]. The molecule has 1 rings (SSSR count). The molecule has 0 bridgehead atoms. The molecule has 0 aliphatic carbocycles. The number of rotatable bonds is 2. The lowest BCUT2D eigenvalue weighted by Crippen LogP contribution is -2.14. The van der Waals surface area contributed by atoms with Crippen molar-refractivity contribution in [2.75, 3.05) is 6.61 Å². The van der Waals surface area contributed by atoms with E-state index in [1.807, 2.05) is 0 Å². The standard InChI is InChI=1S/C6H7N3O4/c1-2-13-6(10)8-4-7-3-5(8)9(11)12/h3-4H,2H2,1H3. The van der Waals surface area contributed by atoms with Gasteiger partial charge < -0.3 is 14.9 Å². The minimum Gasteiger partial charge on any atom is -0.431 e. The van der Waals surface area contributed by atoms with Crippen LogP contribution in [0, 0.1) is 10.1 Å². The van der Waals surface area contributed by atoms with E-state index in [0.29, 0.717) is 0 Å². The molecule has 0 fully saturated rings. The summed E-state index contributed by atoms with van der Waals surface area (Å²) in [5, 5.41) is 10.3. The van der Waals surface area contributed by atoms with Crippen LogP contribution in [-0.4, -0.2) is 27.2 Å². The first-order valence-electron chi connectivity index (χ1n) is 3.50. The highest BCUT2D eigenvalue weighted by atomic mass is 16.6. The van der Waals surface area contributed by atoms with E-state index >= 15 is 0 Å². The van der Waals surface area contributed by atoms with Crippen molar-refractivity contribution in [3.63, 3.8) is 0 Å². The summed E-state index contributed by atoms with van der Waals surface area (Å²) in [7, 11) is 0. The van der Waals surface area contributed by atoms with Gasteiger partial charge in [-0.1, -0.05) is 0 Å². The number of hydrogen-bond donors (Lipinski definition) is 0. The molecule has 0 N–H and O–H groups in total. The van der Waals surface area contributed by atoms with E-state index in [0.717, 1.165) is 17.1 Å². The van der Waals surface area contributed by atoms with Gasteiger partial charge in [0.1, 0.15) is 6.20 Å². The van der Waals surface area contributed by atoms with E-state index < -0.39 is 16.8 Å². The predicted molar refractivity (Wildman–Crippen MR) is 41.3 cm³/mol. The molecular formula is C6H7N3O4. The monoisotopic (exact) mass is 185 g/mol. The number of carbonyl (C=O) groups is 1. The van der Waals surface area contributed by atoms with E-state index in [2.05, 4.69) is 9.72 Å². The van der Waals surface area contributed by atoms with Crippen LogP contribution in [0.1, 0.15) is 6.92 Å². The third-order valence-electron chi connectivity index (χ3n) is 1.27. The number of aromatic nitrogens is 2. The summed E-state index contributed by atoms with van der Waals surface area (Å²) in [5.41, 5.74) is 0. The zero-order valence-corrected chi connectivity index (χ0v) is 6.84. The number of imidazole rings is 1. The molecule has 0 aliphatic rings. The Balaban J connectivity index is 2.93. The van der Waals surface area contributed by atoms with Crippen LogP contribution in [0.5, 0.6) is 0 Å². The van der Waals surface area contributed by atoms with Crippen LogP contribution in [0.2, 0.25) is 0 Å². The van der Waals surface area contributed by atoms with E-state index in [9.17, 15) is 14.9 Å². The fourth-order valence-corrected chi connectivity index (χ4v) is 0.757. The van der Waals surface area contributed by atoms with E-state index in [-0.39, 0.29) is 6.61 Å². The topological polar surface area (TPSA) is 87.3 Å². The molecule has 70 valence electrons. The maximum absolute atomic E-state index is 11.0. The van der Waals surface area contributed by atoms with Crippen LogP contribution in [0.15, 0.2) is 12.5 Å². The van der Waals surface area contributed by atoms with Crippen molar-refractivity contribution in [3.05, 3.63) is 22.6 Å². The predicted octanol–water partition coefficient (Wildman–Crippen LogP) is 0.796. The first-order valence-corrected chi connectivity index (χ1v) is 3.50. The molecule has 13 heavy (non-hydrogen) atoms. The van der Waals surface area contributed by atoms with Gasteiger partial charge in [0.15, 0.2) is 6.33 Å². The van der Waals surface area contributed by atoms with Crippen LogP contribution in [0.3, 0.4) is 0 Å². The van der Waals surface area contributed by atoms with Crippen molar-refractivity contribution in [1.29, 1.82) is 0 Å². The zero-order chi connectivity index (χ0) is 9.84. The average Bonchev–Trinajstić information content (AvgIpc) is 2.52. The summed E-state index contributed by atoms with van der Waals surface area (Å²) in [5.74, 6) is -0.404. The smallest absolute Gasteiger partial charge is 0.431 e. The number of nitrogens with zero attached hydrogens (tertiary/aromatic N) is 3. The highest BCUT2D eigenvalue weighted by Crippen LogP contribution is 2.09. The Hall–Kier alpha value is -1.92. The van der Waals surface area contributed by atoms with Gasteiger partial charge in [-0.05, 0) is 11.8 Å². The average molecular weight is 185 g/mol.